The first-order chi connectivity index (χ1) is 14.1. The number of methoxy groups -OCH3 is 1. The first kappa shape index (κ1) is 24.1. The number of thiophene rings is 1. The Hall–Kier alpha value is -1.14. The zero-order valence-electron chi connectivity index (χ0n) is 18.5. The van der Waals surface area contributed by atoms with E-state index in [1.807, 2.05) is 0 Å². The summed E-state index contributed by atoms with van der Waals surface area (Å²) < 4.78 is 5.15. The molecule has 0 bridgehead atoms. The van der Waals surface area contributed by atoms with E-state index in [9.17, 15) is 4.79 Å². The van der Waals surface area contributed by atoms with Crippen molar-refractivity contribution in [3.8, 4) is 0 Å². The van der Waals surface area contributed by atoms with Gasteiger partial charge in [-0.3, -0.25) is 0 Å². The molecule has 0 atom stereocenters. The van der Waals surface area contributed by atoms with E-state index in [2.05, 4.69) is 24.1 Å². The van der Waals surface area contributed by atoms with Gasteiger partial charge in [0, 0.05) is 18.0 Å². The van der Waals surface area contributed by atoms with E-state index >= 15 is 0 Å². The Kier molecular flexibility index (Phi) is 11.0. The molecular formula is C23H38N2O2S2. The molecule has 0 radical (unpaired) electrons. The fourth-order valence-corrected chi connectivity index (χ4v) is 5.55. The fourth-order valence-electron chi connectivity index (χ4n) is 3.92. The number of carbonyl (C=O) groups is 1. The number of hydrogen-bond acceptors (Lipinski definition) is 4. The topological polar surface area (TPSA) is 41.6 Å². The zero-order valence-corrected chi connectivity index (χ0v) is 20.1. The number of rotatable bonds is 10. The molecule has 0 saturated carbocycles. The lowest BCUT2D eigenvalue weighted by Crippen LogP contribution is -2.36. The van der Waals surface area contributed by atoms with Crippen LogP contribution >= 0.6 is 23.6 Å². The van der Waals surface area contributed by atoms with Crippen LogP contribution < -0.4 is 5.32 Å². The summed E-state index contributed by atoms with van der Waals surface area (Å²) in [5.74, 6) is -0.239. The van der Waals surface area contributed by atoms with Crippen molar-refractivity contribution in [1.29, 1.82) is 0 Å². The summed E-state index contributed by atoms with van der Waals surface area (Å²) in [7, 11) is 1.47. The summed E-state index contributed by atoms with van der Waals surface area (Å²) in [6, 6.07) is 0. The smallest absolute Gasteiger partial charge is 0.341 e. The van der Waals surface area contributed by atoms with Gasteiger partial charge in [0.1, 0.15) is 5.00 Å². The van der Waals surface area contributed by atoms with Crippen LogP contribution in [0.4, 0.5) is 5.00 Å². The normalized spacial score (nSPS) is 13.9. The van der Waals surface area contributed by atoms with Crippen molar-refractivity contribution in [2.45, 2.75) is 90.9 Å². The molecule has 0 aromatic carbocycles. The Balaban J connectivity index is 2.20. The van der Waals surface area contributed by atoms with E-state index < -0.39 is 0 Å². The number of unbranched alkanes of at least 4 members (excludes halogenated alkanes) is 4. The number of nitrogens with zero attached hydrogens (tertiary/aromatic N) is 1. The number of nitrogens with one attached hydrogen (secondary N) is 1. The second-order valence-electron chi connectivity index (χ2n) is 7.95. The maximum Gasteiger partial charge on any atom is 0.341 e. The first-order valence-corrected chi connectivity index (χ1v) is 12.6. The summed E-state index contributed by atoms with van der Waals surface area (Å²) in [4.78, 5) is 16.2. The van der Waals surface area contributed by atoms with Gasteiger partial charge in [0.15, 0.2) is 5.11 Å². The SMILES string of the molecule is CCCCCN(CCCCC)C(=S)Nc1sc2c(c1C(=O)OC)CCCCCC2. The molecule has 0 saturated heterocycles. The van der Waals surface area contributed by atoms with Gasteiger partial charge in [0.05, 0.1) is 12.7 Å². The molecule has 29 heavy (non-hydrogen) atoms. The molecule has 0 aliphatic heterocycles. The molecule has 0 unspecified atom stereocenters. The molecule has 6 heteroatoms. The van der Waals surface area contributed by atoms with Crippen molar-refractivity contribution in [3.05, 3.63) is 16.0 Å². The molecular weight excluding hydrogens is 400 g/mol. The predicted molar refractivity (Wildman–Crippen MR) is 128 cm³/mol. The lowest BCUT2D eigenvalue weighted by Gasteiger charge is -2.26. The van der Waals surface area contributed by atoms with Crippen LogP contribution in [0.5, 0.6) is 0 Å². The van der Waals surface area contributed by atoms with Crippen molar-refractivity contribution >= 4 is 39.6 Å². The van der Waals surface area contributed by atoms with Crippen LogP contribution in [0.25, 0.3) is 0 Å². The maximum absolute atomic E-state index is 12.6. The summed E-state index contributed by atoms with van der Waals surface area (Å²) in [5.41, 5.74) is 1.91. The van der Waals surface area contributed by atoms with E-state index in [1.165, 1.54) is 62.5 Å². The maximum atomic E-state index is 12.6. The molecule has 1 aromatic rings. The van der Waals surface area contributed by atoms with Gasteiger partial charge >= 0.3 is 5.97 Å². The van der Waals surface area contributed by atoms with Crippen LogP contribution in [0.1, 0.15) is 98.9 Å². The quantitative estimate of drug-likeness (QED) is 0.254. The third-order valence-electron chi connectivity index (χ3n) is 5.63. The van der Waals surface area contributed by atoms with E-state index in [0.29, 0.717) is 0 Å². The largest absolute Gasteiger partial charge is 0.465 e. The van der Waals surface area contributed by atoms with Gasteiger partial charge in [-0.25, -0.2) is 4.79 Å². The van der Waals surface area contributed by atoms with E-state index in [1.54, 1.807) is 11.3 Å². The number of esters is 1. The summed E-state index contributed by atoms with van der Waals surface area (Å²) in [5, 5.41) is 5.08. The Morgan fingerprint density at radius 3 is 2.24 bits per heavy atom. The van der Waals surface area contributed by atoms with Crippen LogP contribution in [0.15, 0.2) is 0 Å². The Morgan fingerprint density at radius 2 is 1.66 bits per heavy atom. The molecule has 4 nitrogen and oxygen atoms in total. The highest BCUT2D eigenvalue weighted by atomic mass is 32.1. The monoisotopic (exact) mass is 438 g/mol. The average molecular weight is 439 g/mol. The minimum atomic E-state index is -0.239. The molecule has 1 N–H and O–H groups in total. The fraction of sp³-hybridized carbons (Fsp3) is 0.739. The van der Waals surface area contributed by atoms with E-state index in [-0.39, 0.29) is 5.97 Å². The molecule has 1 aliphatic carbocycles. The highest BCUT2D eigenvalue weighted by molar-refractivity contribution is 7.80. The zero-order chi connectivity index (χ0) is 21.1. The van der Waals surface area contributed by atoms with Crippen molar-refractivity contribution < 1.29 is 9.53 Å². The molecule has 0 amide bonds. The molecule has 164 valence electrons. The van der Waals surface area contributed by atoms with E-state index in [4.69, 9.17) is 17.0 Å². The number of hydrogen-bond donors (Lipinski definition) is 1. The summed E-state index contributed by atoms with van der Waals surface area (Å²) in [6.07, 6.45) is 14.0. The number of ether oxygens (including phenoxy) is 1. The van der Waals surface area contributed by atoms with Crippen LogP contribution in [0.3, 0.4) is 0 Å². The van der Waals surface area contributed by atoms with Crippen LogP contribution in [0.2, 0.25) is 0 Å². The lowest BCUT2D eigenvalue weighted by molar-refractivity contribution is 0.0601. The number of aryl methyl sites for hydroxylation is 1. The minimum Gasteiger partial charge on any atom is -0.465 e. The lowest BCUT2D eigenvalue weighted by atomic mass is 9.96. The highest BCUT2D eigenvalue weighted by Crippen LogP contribution is 2.37. The standard InChI is InChI=1S/C23H38N2O2S2/c1-4-6-12-16-25(17-13-7-5-2)23(28)24-21-20(22(26)27-3)18-14-10-8-9-11-15-19(18)29-21/h4-17H2,1-3H3,(H,24,28). The van der Waals surface area contributed by atoms with Gasteiger partial charge in [0.2, 0.25) is 0 Å². The highest BCUT2D eigenvalue weighted by Gasteiger charge is 2.26. The van der Waals surface area contributed by atoms with Gasteiger partial charge < -0.3 is 15.0 Å². The third kappa shape index (κ3) is 7.25. The van der Waals surface area contributed by atoms with Gasteiger partial charge in [-0.15, -0.1) is 11.3 Å². The van der Waals surface area contributed by atoms with Gasteiger partial charge in [0.25, 0.3) is 0 Å². The Bertz CT molecular complexity index is 648. The first-order valence-electron chi connectivity index (χ1n) is 11.4. The molecule has 0 spiro atoms. The minimum absolute atomic E-state index is 0.239. The van der Waals surface area contributed by atoms with Gasteiger partial charge in [-0.05, 0) is 56.3 Å². The van der Waals surface area contributed by atoms with Crippen molar-refractivity contribution in [1.82, 2.24) is 4.90 Å². The molecule has 1 aliphatic rings. The van der Waals surface area contributed by atoms with Crippen LogP contribution in [0, 0.1) is 0 Å². The second-order valence-corrected chi connectivity index (χ2v) is 9.44. The van der Waals surface area contributed by atoms with Gasteiger partial charge in [-0.2, -0.15) is 0 Å². The Labute approximate surface area is 186 Å². The van der Waals surface area contributed by atoms with Crippen molar-refractivity contribution in [2.24, 2.45) is 0 Å². The predicted octanol–water partition coefficient (Wildman–Crippen LogP) is 6.57. The second kappa shape index (κ2) is 13.2. The van der Waals surface area contributed by atoms with Crippen LogP contribution in [-0.4, -0.2) is 36.2 Å². The number of carbonyl (C=O) groups excluding carboxylic acids is 1. The molecule has 2 rings (SSSR count). The molecule has 0 fully saturated rings. The number of anilines is 1. The van der Waals surface area contributed by atoms with E-state index in [0.717, 1.165) is 60.9 Å². The van der Waals surface area contributed by atoms with Gasteiger partial charge in [-0.1, -0.05) is 52.4 Å². The van der Waals surface area contributed by atoms with Crippen molar-refractivity contribution in [3.63, 3.8) is 0 Å². The van der Waals surface area contributed by atoms with Crippen LogP contribution in [-0.2, 0) is 17.6 Å². The number of fused-ring (bicyclic) bond motifs is 1. The number of thiocarbonyl (C=S) groups is 1. The summed E-state index contributed by atoms with van der Waals surface area (Å²) >= 11 is 7.51. The molecule has 1 aromatic heterocycles. The Morgan fingerprint density at radius 1 is 1.03 bits per heavy atom. The molecule has 1 heterocycles. The third-order valence-corrected chi connectivity index (χ3v) is 7.20. The summed E-state index contributed by atoms with van der Waals surface area (Å²) in [6.45, 7) is 6.40. The average Bonchev–Trinajstić information content (AvgIpc) is 3.02. The van der Waals surface area contributed by atoms with Crippen molar-refractivity contribution in [2.75, 3.05) is 25.5 Å².